The molecule has 0 spiro atoms. The van der Waals surface area contributed by atoms with Gasteiger partial charge >= 0.3 is 0 Å². The minimum Gasteiger partial charge on any atom is -0.394 e. The summed E-state index contributed by atoms with van der Waals surface area (Å²) in [5.74, 6) is 0. The van der Waals surface area contributed by atoms with Crippen LogP contribution in [-0.2, 0) is 0 Å². The Morgan fingerprint density at radius 3 is 3.00 bits per heavy atom. The van der Waals surface area contributed by atoms with Gasteiger partial charge in [-0.25, -0.2) is 0 Å². The second-order valence-corrected chi connectivity index (χ2v) is 2.94. The van der Waals surface area contributed by atoms with E-state index in [1.54, 1.807) is 0 Å². The van der Waals surface area contributed by atoms with Gasteiger partial charge in [0.05, 0.1) is 23.9 Å². The maximum absolute atomic E-state index is 8.89. The highest BCUT2D eigenvalue weighted by Crippen LogP contribution is 2.19. The van der Waals surface area contributed by atoms with E-state index in [1.165, 1.54) is 0 Å². The Bertz CT molecular complexity index is 410. The van der Waals surface area contributed by atoms with Crippen molar-refractivity contribution in [2.75, 3.05) is 6.61 Å². The van der Waals surface area contributed by atoms with Crippen LogP contribution in [0.25, 0.3) is 10.9 Å². The molecule has 0 aliphatic rings. The van der Waals surface area contributed by atoms with Crippen molar-refractivity contribution >= 4 is 10.9 Å². The van der Waals surface area contributed by atoms with Crippen LogP contribution < -0.4 is 5.73 Å². The summed E-state index contributed by atoms with van der Waals surface area (Å²) in [6, 6.07) is 7.29. The zero-order valence-electron chi connectivity index (χ0n) is 7.07. The van der Waals surface area contributed by atoms with Crippen molar-refractivity contribution in [3.05, 3.63) is 30.0 Å². The fraction of sp³-hybridized carbons (Fsp3) is 0.222. The van der Waals surface area contributed by atoms with E-state index in [9.17, 15) is 0 Å². The topological polar surface area (TPSA) is 74.9 Å². The number of aliphatic hydroxyl groups excluding tert-OH is 1. The lowest BCUT2D eigenvalue weighted by Gasteiger charge is -2.04. The molecule has 4 heteroatoms. The van der Waals surface area contributed by atoms with Gasteiger partial charge in [0.25, 0.3) is 0 Å². The number of benzene rings is 1. The second-order valence-electron chi connectivity index (χ2n) is 2.94. The molecule has 2 aromatic rings. The first-order chi connectivity index (χ1) is 6.33. The third-order valence-corrected chi connectivity index (χ3v) is 2.06. The summed E-state index contributed by atoms with van der Waals surface area (Å²) < 4.78 is 0. The molecule has 0 amide bonds. The highest BCUT2D eigenvalue weighted by atomic mass is 16.3. The van der Waals surface area contributed by atoms with E-state index in [0.717, 1.165) is 16.6 Å². The first-order valence-corrected chi connectivity index (χ1v) is 4.12. The molecule has 1 atom stereocenters. The Morgan fingerprint density at radius 1 is 1.46 bits per heavy atom. The normalized spacial score (nSPS) is 13.4. The van der Waals surface area contributed by atoms with Crippen molar-refractivity contribution in [1.29, 1.82) is 0 Å². The highest BCUT2D eigenvalue weighted by Gasteiger charge is 2.10. The molecule has 2 rings (SSSR count). The van der Waals surface area contributed by atoms with Crippen molar-refractivity contribution in [1.82, 2.24) is 10.2 Å². The Labute approximate surface area is 75.4 Å². The maximum Gasteiger partial charge on any atom is 0.0924 e. The third kappa shape index (κ3) is 1.30. The van der Waals surface area contributed by atoms with Crippen LogP contribution in [-0.4, -0.2) is 21.9 Å². The van der Waals surface area contributed by atoms with Crippen LogP contribution in [0.15, 0.2) is 24.3 Å². The number of nitrogens with one attached hydrogen (secondary N) is 1. The van der Waals surface area contributed by atoms with Gasteiger partial charge in [-0.1, -0.05) is 18.2 Å². The van der Waals surface area contributed by atoms with Gasteiger partial charge in [0, 0.05) is 5.39 Å². The number of para-hydroxylation sites is 1. The Hall–Kier alpha value is -1.39. The summed E-state index contributed by atoms with van der Waals surface area (Å²) in [6.45, 7) is -0.0772. The lowest BCUT2D eigenvalue weighted by Crippen LogP contribution is -2.15. The molecule has 0 aliphatic heterocycles. The van der Waals surface area contributed by atoms with Crippen molar-refractivity contribution in [3.8, 4) is 0 Å². The van der Waals surface area contributed by atoms with E-state index in [4.69, 9.17) is 10.8 Å². The molecule has 4 nitrogen and oxygen atoms in total. The predicted molar refractivity (Wildman–Crippen MR) is 50.1 cm³/mol. The van der Waals surface area contributed by atoms with Gasteiger partial charge in [-0.3, -0.25) is 5.10 Å². The number of aromatic amines is 1. The number of hydrogen-bond acceptors (Lipinski definition) is 3. The average molecular weight is 177 g/mol. The molecule has 1 aromatic carbocycles. The maximum atomic E-state index is 8.89. The molecule has 0 saturated heterocycles. The minimum atomic E-state index is -0.382. The molecule has 0 radical (unpaired) electrons. The van der Waals surface area contributed by atoms with Crippen molar-refractivity contribution in [2.45, 2.75) is 6.04 Å². The molecular weight excluding hydrogens is 166 g/mol. The number of hydrogen-bond donors (Lipinski definition) is 3. The molecule has 4 N–H and O–H groups in total. The molecule has 0 unspecified atom stereocenters. The lowest BCUT2D eigenvalue weighted by molar-refractivity contribution is 0.266. The average Bonchev–Trinajstić information content (AvgIpc) is 2.60. The zero-order valence-corrected chi connectivity index (χ0v) is 7.07. The quantitative estimate of drug-likeness (QED) is 0.627. The summed E-state index contributed by atoms with van der Waals surface area (Å²) in [5, 5.41) is 16.8. The first kappa shape index (κ1) is 8.22. The molecule has 68 valence electrons. The van der Waals surface area contributed by atoms with Gasteiger partial charge in [-0.05, 0) is 6.07 Å². The fourth-order valence-corrected chi connectivity index (χ4v) is 1.35. The fourth-order valence-electron chi connectivity index (χ4n) is 1.35. The Balaban J connectivity index is 2.57. The van der Waals surface area contributed by atoms with E-state index in [2.05, 4.69) is 10.2 Å². The Morgan fingerprint density at radius 2 is 2.23 bits per heavy atom. The summed E-state index contributed by atoms with van der Waals surface area (Å²) in [5.41, 5.74) is 7.35. The van der Waals surface area contributed by atoms with Crippen molar-refractivity contribution in [2.24, 2.45) is 5.73 Å². The molecule has 0 aliphatic carbocycles. The summed E-state index contributed by atoms with van der Waals surface area (Å²) >= 11 is 0. The van der Waals surface area contributed by atoms with Gasteiger partial charge in [-0.15, -0.1) is 0 Å². The molecule has 0 bridgehead atoms. The van der Waals surface area contributed by atoms with Crippen LogP contribution in [0.4, 0.5) is 0 Å². The van der Waals surface area contributed by atoms with E-state index >= 15 is 0 Å². The predicted octanol–water partition coefficient (Wildman–Crippen LogP) is 0.555. The molecular formula is C9H11N3O. The zero-order chi connectivity index (χ0) is 9.26. The number of nitrogens with zero attached hydrogens (tertiary/aromatic N) is 1. The Kier molecular flexibility index (Phi) is 2.00. The van der Waals surface area contributed by atoms with Gasteiger partial charge in [0.2, 0.25) is 0 Å². The van der Waals surface area contributed by atoms with Crippen LogP contribution in [0.5, 0.6) is 0 Å². The number of fused-ring (bicyclic) bond motifs is 1. The van der Waals surface area contributed by atoms with Crippen LogP contribution in [0.2, 0.25) is 0 Å². The number of aliphatic hydroxyl groups is 1. The van der Waals surface area contributed by atoms with Crippen LogP contribution >= 0.6 is 0 Å². The smallest absolute Gasteiger partial charge is 0.0924 e. The van der Waals surface area contributed by atoms with E-state index in [1.807, 2.05) is 24.3 Å². The molecule has 0 fully saturated rings. The van der Waals surface area contributed by atoms with Crippen LogP contribution in [0.3, 0.4) is 0 Å². The molecule has 0 saturated carbocycles. The SMILES string of the molecule is N[C@H](CO)c1[nH]nc2ccccc12. The second kappa shape index (κ2) is 3.16. The number of rotatable bonds is 2. The van der Waals surface area contributed by atoms with Crippen LogP contribution in [0.1, 0.15) is 11.7 Å². The van der Waals surface area contributed by atoms with Gasteiger partial charge < -0.3 is 10.8 Å². The first-order valence-electron chi connectivity index (χ1n) is 4.12. The van der Waals surface area contributed by atoms with E-state index in [0.29, 0.717) is 0 Å². The van der Waals surface area contributed by atoms with E-state index < -0.39 is 0 Å². The number of H-pyrrole nitrogens is 1. The lowest BCUT2D eigenvalue weighted by atomic mass is 10.1. The monoisotopic (exact) mass is 177 g/mol. The molecule has 1 heterocycles. The van der Waals surface area contributed by atoms with Gasteiger partial charge in [0.15, 0.2) is 0 Å². The number of aromatic nitrogens is 2. The standard InChI is InChI=1S/C9H11N3O/c10-7(5-13)9-6-3-1-2-4-8(6)11-12-9/h1-4,7,13H,5,10H2,(H,11,12)/t7-/m1/s1. The van der Waals surface area contributed by atoms with Gasteiger partial charge in [-0.2, -0.15) is 5.10 Å². The molecule has 13 heavy (non-hydrogen) atoms. The third-order valence-electron chi connectivity index (χ3n) is 2.06. The largest absolute Gasteiger partial charge is 0.394 e. The van der Waals surface area contributed by atoms with Gasteiger partial charge in [0.1, 0.15) is 0 Å². The van der Waals surface area contributed by atoms with Crippen LogP contribution in [0, 0.1) is 0 Å². The highest BCUT2D eigenvalue weighted by molar-refractivity contribution is 5.81. The molecule has 1 aromatic heterocycles. The van der Waals surface area contributed by atoms with E-state index in [-0.39, 0.29) is 12.6 Å². The summed E-state index contributed by atoms with van der Waals surface area (Å²) in [7, 11) is 0. The minimum absolute atomic E-state index is 0.0772. The van der Waals surface area contributed by atoms with Crippen molar-refractivity contribution < 1.29 is 5.11 Å². The summed E-state index contributed by atoms with van der Waals surface area (Å²) in [4.78, 5) is 0. The number of nitrogens with two attached hydrogens (primary N) is 1. The van der Waals surface area contributed by atoms with Crippen molar-refractivity contribution in [3.63, 3.8) is 0 Å². The summed E-state index contributed by atoms with van der Waals surface area (Å²) in [6.07, 6.45) is 0.